The van der Waals surface area contributed by atoms with Crippen LogP contribution < -0.4 is 18.7 Å². The quantitative estimate of drug-likeness (QED) is 0.645. The maximum absolute atomic E-state index is 11.6. The van der Waals surface area contributed by atoms with Crippen LogP contribution in [0.25, 0.3) is 10.9 Å². The van der Waals surface area contributed by atoms with E-state index in [0.29, 0.717) is 46.0 Å². The van der Waals surface area contributed by atoms with E-state index in [1.165, 1.54) is 0 Å². The van der Waals surface area contributed by atoms with Crippen LogP contribution in [0.15, 0.2) is 24.8 Å². The van der Waals surface area contributed by atoms with Gasteiger partial charge in [0, 0.05) is 18.2 Å². The second kappa shape index (κ2) is 5.78. The van der Waals surface area contributed by atoms with Crippen LogP contribution in [0.1, 0.15) is 24.5 Å². The third-order valence-electron chi connectivity index (χ3n) is 6.70. The number of aromatic nitrogens is 1. The zero-order chi connectivity index (χ0) is 19.0. The van der Waals surface area contributed by atoms with Gasteiger partial charge >= 0.3 is 7.32 Å². The predicted octanol–water partition coefficient (Wildman–Crippen LogP) is 2.32. The second-order valence-electron chi connectivity index (χ2n) is 7.98. The lowest BCUT2D eigenvalue weighted by molar-refractivity contribution is -0.0448. The van der Waals surface area contributed by atoms with E-state index in [1.807, 2.05) is 12.1 Å². The molecule has 3 fully saturated rings. The van der Waals surface area contributed by atoms with E-state index in [9.17, 15) is 5.11 Å². The van der Waals surface area contributed by atoms with Crippen LogP contribution >= 0.6 is 0 Å². The summed E-state index contributed by atoms with van der Waals surface area (Å²) >= 11 is 0. The van der Waals surface area contributed by atoms with Crippen molar-refractivity contribution in [2.75, 3.05) is 20.2 Å². The summed E-state index contributed by atoms with van der Waals surface area (Å²) < 4.78 is 23.0. The molecule has 144 valence electrons. The van der Waals surface area contributed by atoms with E-state index in [1.54, 1.807) is 7.11 Å². The van der Waals surface area contributed by atoms with Gasteiger partial charge in [0.15, 0.2) is 17.2 Å². The molecular formula is C20H21BN2O5. The van der Waals surface area contributed by atoms with Crippen molar-refractivity contribution >= 4 is 18.2 Å². The van der Waals surface area contributed by atoms with Crippen LogP contribution in [0.3, 0.4) is 0 Å². The maximum Gasteiger partial charge on any atom is 0.865 e. The fourth-order valence-corrected chi connectivity index (χ4v) is 5.30. The zero-order valence-electron chi connectivity index (χ0n) is 15.6. The van der Waals surface area contributed by atoms with E-state index < -0.39 is 13.4 Å². The van der Waals surface area contributed by atoms with Crippen molar-refractivity contribution in [3.8, 4) is 23.1 Å². The number of piperidine rings is 3. The Balaban J connectivity index is 1.51. The molecule has 28 heavy (non-hydrogen) atoms. The number of ether oxygens (including phenoxy) is 1. The van der Waals surface area contributed by atoms with Crippen LogP contribution in [0.5, 0.6) is 23.1 Å². The SMILES string of the molecule is C=C[C@H]1CN2CCC1C[C@H]2[C@H](O)c1c2c3nc4ccc(OC)c(c14)OB(O3)O2. The minimum atomic E-state index is -0.907. The molecule has 0 radical (unpaired) electrons. The Labute approximate surface area is 163 Å². The molecule has 5 bridgehead atoms. The van der Waals surface area contributed by atoms with Gasteiger partial charge < -0.3 is 23.8 Å². The molecule has 2 aromatic rings. The van der Waals surface area contributed by atoms with Gasteiger partial charge in [0.25, 0.3) is 0 Å². The van der Waals surface area contributed by atoms with Gasteiger partial charge in [-0.15, -0.1) is 6.58 Å². The summed E-state index contributed by atoms with van der Waals surface area (Å²) in [5, 5.41) is 12.3. The normalized spacial score (nSPS) is 30.0. The Morgan fingerprint density at radius 3 is 2.96 bits per heavy atom. The summed E-state index contributed by atoms with van der Waals surface area (Å²) in [6.07, 6.45) is 3.41. The summed E-state index contributed by atoms with van der Waals surface area (Å²) in [5.41, 5.74) is 1.40. The number of pyridine rings is 1. The first-order chi connectivity index (χ1) is 13.7. The first-order valence-corrected chi connectivity index (χ1v) is 9.77. The lowest BCUT2D eigenvalue weighted by Gasteiger charge is -2.50. The van der Waals surface area contributed by atoms with E-state index in [2.05, 4.69) is 22.5 Å². The topological polar surface area (TPSA) is 73.3 Å². The molecule has 3 saturated heterocycles. The number of benzene rings is 1. The molecule has 0 saturated carbocycles. The van der Waals surface area contributed by atoms with Crippen molar-refractivity contribution in [1.29, 1.82) is 0 Å². The number of rotatable bonds is 4. The van der Waals surface area contributed by atoms with Crippen molar-refractivity contribution in [3.05, 3.63) is 30.4 Å². The minimum absolute atomic E-state index is 0.0180. The first kappa shape index (κ1) is 16.5. The van der Waals surface area contributed by atoms with Crippen LogP contribution in [0.4, 0.5) is 0 Å². The Morgan fingerprint density at radius 1 is 1.36 bits per heavy atom. The van der Waals surface area contributed by atoms with Crippen LogP contribution in [0.2, 0.25) is 0 Å². The highest BCUT2D eigenvalue weighted by molar-refractivity contribution is 6.42. The number of hydrogen-bond donors (Lipinski definition) is 1. The molecule has 1 aromatic heterocycles. The summed E-state index contributed by atoms with van der Waals surface area (Å²) in [6.45, 7) is 5.92. The maximum atomic E-state index is 11.6. The largest absolute Gasteiger partial charge is 0.865 e. The molecule has 0 spiro atoms. The van der Waals surface area contributed by atoms with E-state index in [-0.39, 0.29) is 6.04 Å². The molecule has 1 N–H and O–H groups in total. The fraction of sp³-hybridized carbons (Fsp3) is 0.450. The number of hydrogen-bond acceptors (Lipinski definition) is 7. The Morgan fingerprint density at radius 2 is 2.21 bits per heavy atom. The average Bonchev–Trinajstić information content (AvgIpc) is 3.06. The molecule has 5 aliphatic rings. The van der Waals surface area contributed by atoms with E-state index in [0.717, 1.165) is 31.3 Å². The first-order valence-electron chi connectivity index (χ1n) is 9.77. The molecule has 2 unspecified atom stereocenters. The third kappa shape index (κ3) is 2.10. The van der Waals surface area contributed by atoms with Crippen molar-refractivity contribution in [1.82, 2.24) is 9.88 Å². The van der Waals surface area contributed by atoms with Crippen molar-refractivity contribution in [2.45, 2.75) is 25.0 Å². The summed E-state index contributed by atoms with van der Waals surface area (Å²) in [5.74, 6) is 3.00. The Kier molecular flexibility index (Phi) is 3.41. The summed E-state index contributed by atoms with van der Waals surface area (Å²) in [4.78, 5) is 6.94. The molecule has 7 nitrogen and oxygen atoms in total. The van der Waals surface area contributed by atoms with E-state index >= 15 is 0 Å². The molecule has 8 heteroatoms. The zero-order valence-corrected chi connectivity index (χ0v) is 15.6. The van der Waals surface area contributed by atoms with Gasteiger partial charge in [-0.05, 0) is 43.4 Å². The molecule has 6 heterocycles. The molecule has 0 aliphatic carbocycles. The third-order valence-corrected chi connectivity index (χ3v) is 6.70. The van der Waals surface area contributed by atoms with E-state index in [4.69, 9.17) is 18.7 Å². The molecule has 7 rings (SSSR count). The van der Waals surface area contributed by atoms with Crippen LogP contribution in [-0.4, -0.2) is 48.6 Å². The van der Waals surface area contributed by atoms with Crippen molar-refractivity contribution in [2.24, 2.45) is 11.8 Å². The Hall–Kier alpha value is -2.45. The predicted molar refractivity (Wildman–Crippen MR) is 103 cm³/mol. The van der Waals surface area contributed by atoms with Crippen LogP contribution in [0, 0.1) is 11.8 Å². The van der Waals surface area contributed by atoms with Gasteiger partial charge in [-0.25, -0.2) is 4.98 Å². The number of aliphatic hydroxyl groups excluding tert-OH is 1. The van der Waals surface area contributed by atoms with Gasteiger partial charge in [-0.2, -0.15) is 0 Å². The van der Waals surface area contributed by atoms with Gasteiger partial charge in [-0.3, -0.25) is 4.90 Å². The minimum Gasteiger partial charge on any atom is -0.493 e. The lowest BCUT2D eigenvalue weighted by Crippen LogP contribution is -2.54. The van der Waals surface area contributed by atoms with Gasteiger partial charge in [0.1, 0.15) is 0 Å². The number of nitrogens with zero attached hydrogens (tertiary/aromatic N) is 2. The molecular weight excluding hydrogens is 359 g/mol. The monoisotopic (exact) mass is 380 g/mol. The highest BCUT2D eigenvalue weighted by atomic mass is 16.8. The summed E-state index contributed by atoms with van der Waals surface area (Å²) in [6, 6.07) is 3.70. The standard InChI is InChI=1S/C20H21BN2O5/c1-3-10-9-23-7-6-11(10)8-13(23)17(24)16-15-12-4-5-14(25-2)18(15)26-21-27-19(16)20(22-12)28-21/h3-5,10-11,13,17,24H,1,6-9H2,2H3/t10-,11?,13-,17-/m0/s1. The summed E-state index contributed by atoms with van der Waals surface area (Å²) in [7, 11) is 0.684. The van der Waals surface area contributed by atoms with Gasteiger partial charge in [0.2, 0.25) is 5.88 Å². The van der Waals surface area contributed by atoms with Crippen LogP contribution in [-0.2, 0) is 0 Å². The molecule has 5 atom stereocenters. The second-order valence-corrected chi connectivity index (χ2v) is 7.98. The average molecular weight is 380 g/mol. The Bertz CT molecular complexity index is 998. The number of aliphatic hydroxyl groups is 1. The molecule has 5 aliphatic heterocycles. The van der Waals surface area contributed by atoms with Gasteiger partial charge in [-0.1, -0.05) is 6.08 Å². The number of fused-ring (bicyclic) bond motifs is 4. The highest BCUT2D eigenvalue weighted by Gasteiger charge is 2.49. The van der Waals surface area contributed by atoms with Gasteiger partial charge in [0.05, 0.1) is 24.1 Å². The highest BCUT2D eigenvalue weighted by Crippen LogP contribution is 2.53. The molecule has 1 aromatic carbocycles. The fourth-order valence-electron chi connectivity index (χ4n) is 5.30. The molecule has 0 amide bonds. The van der Waals surface area contributed by atoms with Crippen molar-refractivity contribution in [3.63, 3.8) is 0 Å². The lowest BCUT2D eigenvalue weighted by atomic mass is 9.73. The smallest absolute Gasteiger partial charge is 0.493 e. The number of methoxy groups -OCH3 is 1. The van der Waals surface area contributed by atoms with Crippen molar-refractivity contribution < 1.29 is 23.8 Å².